The van der Waals surface area contributed by atoms with Crippen LogP contribution in [0.3, 0.4) is 0 Å². The van der Waals surface area contributed by atoms with Crippen LogP contribution in [0.15, 0.2) is 12.1 Å². The third kappa shape index (κ3) is 1.10. The number of aromatic hydroxyl groups is 1. The number of halogens is 1. The fourth-order valence-electron chi connectivity index (χ4n) is 1.58. The van der Waals surface area contributed by atoms with Gasteiger partial charge < -0.3 is 5.11 Å². The molecule has 1 nitrogen and oxygen atoms in total. The lowest BCUT2D eigenvalue weighted by molar-refractivity contribution is 0.475. The van der Waals surface area contributed by atoms with Gasteiger partial charge in [0.1, 0.15) is 5.75 Å². The van der Waals surface area contributed by atoms with Crippen LogP contribution < -0.4 is 0 Å². The van der Waals surface area contributed by atoms with Gasteiger partial charge in [-0.1, -0.05) is 11.6 Å². The van der Waals surface area contributed by atoms with Gasteiger partial charge in [-0.2, -0.15) is 0 Å². The van der Waals surface area contributed by atoms with E-state index in [1.165, 1.54) is 17.5 Å². The molecule has 0 atom stereocenters. The molecule has 1 aromatic rings. The van der Waals surface area contributed by atoms with Gasteiger partial charge in [-0.05, 0) is 42.5 Å². The number of phenols is 1. The summed E-state index contributed by atoms with van der Waals surface area (Å²) in [5.41, 5.74) is 2.56. The highest BCUT2D eigenvalue weighted by Crippen LogP contribution is 2.31. The SMILES string of the molecule is Oc1cc2c(cc1Cl)CCC2. The van der Waals surface area contributed by atoms with E-state index >= 15 is 0 Å². The maximum atomic E-state index is 9.25. The molecule has 11 heavy (non-hydrogen) atoms. The average Bonchev–Trinajstić information content (AvgIpc) is 2.36. The van der Waals surface area contributed by atoms with Crippen molar-refractivity contribution in [3.05, 3.63) is 28.3 Å². The van der Waals surface area contributed by atoms with E-state index in [1.807, 2.05) is 6.07 Å². The highest BCUT2D eigenvalue weighted by Gasteiger charge is 2.12. The average molecular weight is 169 g/mol. The minimum Gasteiger partial charge on any atom is -0.506 e. The number of fused-ring (bicyclic) bond motifs is 1. The van der Waals surface area contributed by atoms with Crippen LogP contribution in [0.2, 0.25) is 5.02 Å². The Bertz CT molecular complexity index is 265. The van der Waals surface area contributed by atoms with Crippen LogP contribution in [-0.4, -0.2) is 5.11 Å². The molecule has 0 spiro atoms. The quantitative estimate of drug-likeness (QED) is 0.631. The smallest absolute Gasteiger partial charge is 0.134 e. The molecular formula is C9H9ClO. The Labute approximate surface area is 70.6 Å². The predicted octanol–water partition coefficient (Wildman–Crippen LogP) is 2.53. The Hall–Kier alpha value is -0.690. The van der Waals surface area contributed by atoms with Gasteiger partial charge in [0.05, 0.1) is 5.02 Å². The second-order valence-corrected chi connectivity index (χ2v) is 3.33. The Kier molecular flexibility index (Phi) is 1.53. The van der Waals surface area contributed by atoms with Crippen LogP contribution in [0.4, 0.5) is 0 Å². The molecule has 1 aliphatic rings. The van der Waals surface area contributed by atoms with Gasteiger partial charge in [-0.3, -0.25) is 0 Å². The van der Waals surface area contributed by atoms with Crippen LogP contribution in [0.25, 0.3) is 0 Å². The third-order valence-corrected chi connectivity index (χ3v) is 2.46. The first-order valence-electron chi connectivity index (χ1n) is 3.77. The van der Waals surface area contributed by atoms with Crippen molar-refractivity contribution < 1.29 is 5.11 Å². The maximum Gasteiger partial charge on any atom is 0.134 e. The van der Waals surface area contributed by atoms with E-state index in [4.69, 9.17) is 11.6 Å². The molecular weight excluding hydrogens is 160 g/mol. The molecule has 0 fully saturated rings. The Balaban J connectivity index is 2.57. The van der Waals surface area contributed by atoms with Gasteiger partial charge in [0.2, 0.25) is 0 Å². The molecule has 0 unspecified atom stereocenters. The molecule has 2 rings (SSSR count). The fourth-order valence-corrected chi connectivity index (χ4v) is 1.77. The number of rotatable bonds is 0. The molecule has 0 saturated heterocycles. The number of hydrogen-bond acceptors (Lipinski definition) is 1. The molecule has 0 heterocycles. The van der Waals surface area contributed by atoms with Crippen molar-refractivity contribution in [3.63, 3.8) is 0 Å². The third-order valence-electron chi connectivity index (χ3n) is 2.16. The zero-order chi connectivity index (χ0) is 7.84. The summed E-state index contributed by atoms with van der Waals surface area (Å²) in [5, 5.41) is 9.73. The van der Waals surface area contributed by atoms with E-state index in [9.17, 15) is 5.11 Å². The highest BCUT2D eigenvalue weighted by atomic mass is 35.5. The van der Waals surface area contributed by atoms with Crippen LogP contribution in [0, 0.1) is 0 Å². The van der Waals surface area contributed by atoms with Crippen molar-refractivity contribution in [1.82, 2.24) is 0 Å². The number of aryl methyl sites for hydroxylation is 2. The molecule has 0 amide bonds. The molecule has 0 saturated carbocycles. The Morgan fingerprint density at radius 2 is 1.82 bits per heavy atom. The lowest BCUT2D eigenvalue weighted by atomic mass is 10.1. The zero-order valence-electron chi connectivity index (χ0n) is 6.10. The molecule has 2 heteroatoms. The summed E-state index contributed by atoms with van der Waals surface area (Å²) >= 11 is 5.74. The zero-order valence-corrected chi connectivity index (χ0v) is 6.86. The summed E-state index contributed by atoms with van der Waals surface area (Å²) in [6.07, 6.45) is 3.38. The topological polar surface area (TPSA) is 20.2 Å². The highest BCUT2D eigenvalue weighted by molar-refractivity contribution is 6.32. The first-order valence-corrected chi connectivity index (χ1v) is 4.15. The minimum atomic E-state index is 0.215. The molecule has 0 bridgehead atoms. The summed E-state index contributed by atoms with van der Waals surface area (Å²) < 4.78 is 0. The van der Waals surface area contributed by atoms with E-state index in [0.717, 1.165) is 12.8 Å². The standard InChI is InChI=1S/C9H9ClO/c10-8-4-6-2-1-3-7(6)5-9(8)11/h4-5,11H,1-3H2. The van der Waals surface area contributed by atoms with Gasteiger partial charge in [0, 0.05) is 0 Å². The Morgan fingerprint density at radius 1 is 1.18 bits per heavy atom. The lowest BCUT2D eigenvalue weighted by Gasteiger charge is -2.01. The molecule has 1 aromatic carbocycles. The summed E-state index contributed by atoms with van der Waals surface area (Å²) in [6, 6.07) is 3.66. The molecule has 1 N–H and O–H groups in total. The first kappa shape index (κ1) is 6.99. The van der Waals surface area contributed by atoms with E-state index in [0.29, 0.717) is 5.02 Å². The summed E-state index contributed by atoms with van der Waals surface area (Å²) in [6.45, 7) is 0. The summed E-state index contributed by atoms with van der Waals surface area (Å²) in [5.74, 6) is 0.215. The number of benzene rings is 1. The second kappa shape index (κ2) is 2.42. The molecule has 0 aromatic heterocycles. The van der Waals surface area contributed by atoms with E-state index in [2.05, 4.69) is 0 Å². The van der Waals surface area contributed by atoms with Crippen molar-refractivity contribution in [2.24, 2.45) is 0 Å². The van der Waals surface area contributed by atoms with E-state index in [-0.39, 0.29) is 5.75 Å². The van der Waals surface area contributed by atoms with Crippen LogP contribution in [-0.2, 0) is 12.8 Å². The summed E-state index contributed by atoms with van der Waals surface area (Å²) in [7, 11) is 0. The summed E-state index contributed by atoms with van der Waals surface area (Å²) in [4.78, 5) is 0. The van der Waals surface area contributed by atoms with Crippen molar-refractivity contribution >= 4 is 11.6 Å². The second-order valence-electron chi connectivity index (χ2n) is 2.93. The van der Waals surface area contributed by atoms with Gasteiger partial charge in [-0.15, -0.1) is 0 Å². The fraction of sp³-hybridized carbons (Fsp3) is 0.333. The van der Waals surface area contributed by atoms with Crippen LogP contribution in [0.5, 0.6) is 5.75 Å². The predicted molar refractivity (Wildman–Crippen MR) is 45.1 cm³/mol. The number of hydrogen-bond donors (Lipinski definition) is 1. The largest absolute Gasteiger partial charge is 0.506 e. The van der Waals surface area contributed by atoms with Crippen LogP contribution in [0.1, 0.15) is 17.5 Å². The van der Waals surface area contributed by atoms with Crippen LogP contribution >= 0.6 is 11.6 Å². The molecule has 0 radical (unpaired) electrons. The first-order chi connectivity index (χ1) is 5.27. The van der Waals surface area contributed by atoms with Gasteiger partial charge in [0.15, 0.2) is 0 Å². The number of phenolic OH excluding ortho intramolecular Hbond substituents is 1. The normalized spacial score (nSPS) is 15.0. The van der Waals surface area contributed by atoms with Crippen molar-refractivity contribution in [2.75, 3.05) is 0 Å². The molecule has 1 aliphatic carbocycles. The monoisotopic (exact) mass is 168 g/mol. The van der Waals surface area contributed by atoms with E-state index < -0.39 is 0 Å². The molecule has 58 valence electrons. The maximum absolute atomic E-state index is 9.25. The van der Waals surface area contributed by atoms with Crippen molar-refractivity contribution in [2.45, 2.75) is 19.3 Å². The van der Waals surface area contributed by atoms with Gasteiger partial charge in [0.25, 0.3) is 0 Å². The van der Waals surface area contributed by atoms with E-state index in [1.54, 1.807) is 6.07 Å². The van der Waals surface area contributed by atoms with Gasteiger partial charge >= 0.3 is 0 Å². The van der Waals surface area contributed by atoms with Gasteiger partial charge in [-0.25, -0.2) is 0 Å². The lowest BCUT2D eigenvalue weighted by Crippen LogP contribution is -1.81. The minimum absolute atomic E-state index is 0.215. The molecule has 0 aliphatic heterocycles. The Morgan fingerprint density at radius 3 is 2.55 bits per heavy atom. The van der Waals surface area contributed by atoms with Crippen molar-refractivity contribution in [1.29, 1.82) is 0 Å². The van der Waals surface area contributed by atoms with Crippen molar-refractivity contribution in [3.8, 4) is 5.75 Å².